The molecule has 0 atom stereocenters. The van der Waals surface area contributed by atoms with Gasteiger partial charge in [-0.2, -0.15) is 0 Å². The van der Waals surface area contributed by atoms with E-state index in [4.69, 9.17) is 4.98 Å². The number of benzene rings is 1. The minimum atomic E-state index is -3.31. The average molecular weight is 397 g/mol. The Morgan fingerprint density at radius 2 is 2.00 bits per heavy atom. The van der Waals surface area contributed by atoms with Crippen LogP contribution in [-0.2, 0) is 27.7 Å². The zero-order valence-electron chi connectivity index (χ0n) is 16.2. The molecule has 1 aromatic carbocycles. The Balaban J connectivity index is 1.70. The summed E-state index contributed by atoms with van der Waals surface area (Å²) in [5, 5.41) is 0. The smallest absolute Gasteiger partial charge is 0.232 e. The van der Waals surface area contributed by atoms with Crippen molar-refractivity contribution in [1.82, 2.24) is 4.98 Å². The summed E-state index contributed by atoms with van der Waals surface area (Å²) in [5.41, 5.74) is 6.55. The van der Waals surface area contributed by atoms with Crippen LogP contribution in [0.1, 0.15) is 42.3 Å². The summed E-state index contributed by atoms with van der Waals surface area (Å²) in [4.78, 5) is 17.0. The highest BCUT2D eigenvalue weighted by Crippen LogP contribution is 2.35. The van der Waals surface area contributed by atoms with Gasteiger partial charge in [0.1, 0.15) is 5.78 Å². The van der Waals surface area contributed by atoms with Gasteiger partial charge < -0.3 is 0 Å². The summed E-state index contributed by atoms with van der Waals surface area (Å²) in [5.74, 6) is 0.545. The lowest BCUT2D eigenvalue weighted by molar-refractivity contribution is -0.119. The normalized spacial score (nSPS) is 15.5. The Labute approximate surface area is 165 Å². The largest absolute Gasteiger partial charge is 0.299 e. The standard InChI is InChI=1S/C22H24N2O3S/c1-3-28(26,27)24-16-9-10-18(14(2)11-16)20-12-17(13-22(25)15-7-8-15)23-21-6-4-5-19(20)21/h4-5,9-12,15,24H,3,6-8,13H2,1-2H3. The second-order valence-electron chi connectivity index (χ2n) is 7.58. The molecule has 1 N–H and O–H groups in total. The van der Waals surface area contributed by atoms with Gasteiger partial charge in [0.15, 0.2) is 0 Å². The summed E-state index contributed by atoms with van der Waals surface area (Å²) in [6, 6.07) is 7.60. The Kier molecular flexibility index (Phi) is 4.83. The number of rotatable bonds is 7. The van der Waals surface area contributed by atoms with Crippen molar-refractivity contribution >= 4 is 27.6 Å². The number of anilines is 1. The number of sulfonamides is 1. The van der Waals surface area contributed by atoms with Gasteiger partial charge in [0.2, 0.25) is 10.0 Å². The van der Waals surface area contributed by atoms with Crippen LogP contribution in [0.5, 0.6) is 0 Å². The van der Waals surface area contributed by atoms with Crippen LogP contribution in [0.25, 0.3) is 17.2 Å². The number of hydrogen-bond acceptors (Lipinski definition) is 4. The second-order valence-corrected chi connectivity index (χ2v) is 9.59. The van der Waals surface area contributed by atoms with Crippen LogP contribution >= 0.6 is 0 Å². The number of hydrogen-bond donors (Lipinski definition) is 1. The third kappa shape index (κ3) is 3.87. The fraction of sp³-hybridized carbons (Fsp3) is 0.364. The Morgan fingerprint density at radius 3 is 2.68 bits per heavy atom. The lowest BCUT2D eigenvalue weighted by atomic mass is 9.94. The molecule has 0 unspecified atom stereocenters. The molecule has 1 aromatic heterocycles. The number of aromatic nitrogens is 1. The zero-order valence-corrected chi connectivity index (χ0v) is 17.0. The van der Waals surface area contributed by atoms with E-state index < -0.39 is 10.0 Å². The summed E-state index contributed by atoms with van der Waals surface area (Å²) in [6.07, 6.45) is 7.35. The molecule has 0 aliphatic heterocycles. The minimum absolute atomic E-state index is 0.0365. The first-order valence-corrected chi connectivity index (χ1v) is 11.3. The van der Waals surface area contributed by atoms with Gasteiger partial charge in [0.05, 0.1) is 11.4 Å². The quantitative estimate of drug-likeness (QED) is 0.770. The molecule has 2 aliphatic rings. The van der Waals surface area contributed by atoms with Crippen LogP contribution in [0.3, 0.4) is 0 Å². The van der Waals surface area contributed by atoms with E-state index in [2.05, 4.69) is 16.9 Å². The number of nitrogens with zero attached hydrogens (tertiary/aromatic N) is 1. The predicted molar refractivity (Wildman–Crippen MR) is 112 cm³/mol. The maximum atomic E-state index is 12.3. The van der Waals surface area contributed by atoms with Gasteiger partial charge >= 0.3 is 0 Å². The van der Waals surface area contributed by atoms with Crippen LogP contribution < -0.4 is 4.72 Å². The number of Topliss-reactive ketones (excluding diaryl/α,β-unsaturated/α-hetero) is 1. The molecule has 28 heavy (non-hydrogen) atoms. The van der Waals surface area contributed by atoms with Gasteiger partial charge in [-0.25, -0.2) is 8.42 Å². The van der Waals surface area contributed by atoms with E-state index in [1.54, 1.807) is 13.0 Å². The van der Waals surface area contributed by atoms with Crippen LogP contribution in [-0.4, -0.2) is 24.9 Å². The van der Waals surface area contributed by atoms with Gasteiger partial charge in [-0.1, -0.05) is 18.2 Å². The van der Waals surface area contributed by atoms with Gasteiger partial charge in [0.25, 0.3) is 0 Å². The highest BCUT2D eigenvalue weighted by molar-refractivity contribution is 7.92. The lowest BCUT2D eigenvalue weighted by Gasteiger charge is -2.15. The molecule has 2 aliphatic carbocycles. The van der Waals surface area contributed by atoms with Crippen molar-refractivity contribution in [3.05, 3.63) is 52.9 Å². The number of carbonyl (C=O) groups is 1. The molecule has 5 nitrogen and oxygen atoms in total. The monoisotopic (exact) mass is 396 g/mol. The number of carbonyl (C=O) groups excluding carboxylic acids is 1. The second kappa shape index (κ2) is 7.17. The molecule has 0 radical (unpaired) electrons. The molecule has 2 aromatic rings. The molecule has 0 spiro atoms. The van der Waals surface area contributed by atoms with Gasteiger partial charge in [-0.15, -0.1) is 0 Å². The SMILES string of the molecule is CCS(=O)(=O)Nc1ccc(-c2cc(CC(=O)C3CC3)nc3c2C=CC3)c(C)c1. The lowest BCUT2D eigenvalue weighted by Crippen LogP contribution is -2.14. The van der Waals surface area contributed by atoms with Gasteiger partial charge in [-0.05, 0) is 61.6 Å². The fourth-order valence-electron chi connectivity index (χ4n) is 3.62. The maximum Gasteiger partial charge on any atom is 0.232 e. The molecular formula is C22H24N2O3S. The summed E-state index contributed by atoms with van der Waals surface area (Å²) >= 11 is 0. The van der Waals surface area contributed by atoms with Crippen LogP contribution in [0.15, 0.2) is 30.3 Å². The maximum absolute atomic E-state index is 12.3. The summed E-state index contributed by atoms with van der Waals surface area (Å²) < 4.78 is 26.3. The third-order valence-corrected chi connectivity index (χ3v) is 6.65. The predicted octanol–water partition coefficient (Wildman–Crippen LogP) is 3.91. The first-order valence-electron chi connectivity index (χ1n) is 9.70. The molecule has 1 fully saturated rings. The number of allylic oxidation sites excluding steroid dienone is 1. The van der Waals surface area contributed by atoms with Crippen LogP contribution in [0.4, 0.5) is 5.69 Å². The minimum Gasteiger partial charge on any atom is -0.299 e. The van der Waals surface area contributed by atoms with E-state index in [-0.39, 0.29) is 17.5 Å². The van der Waals surface area contributed by atoms with E-state index in [1.165, 1.54) is 0 Å². The zero-order chi connectivity index (χ0) is 19.9. The Bertz CT molecular complexity index is 1080. The van der Waals surface area contributed by atoms with Crippen molar-refractivity contribution < 1.29 is 13.2 Å². The van der Waals surface area contributed by atoms with E-state index in [1.807, 2.05) is 25.1 Å². The molecule has 0 bridgehead atoms. The molecule has 0 saturated heterocycles. The van der Waals surface area contributed by atoms with Crippen LogP contribution in [0.2, 0.25) is 0 Å². The van der Waals surface area contributed by atoms with Crippen LogP contribution in [0, 0.1) is 12.8 Å². The number of fused-ring (bicyclic) bond motifs is 1. The van der Waals surface area contributed by atoms with Crippen molar-refractivity contribution in [1.29, 1.82) is 0 Å². The molecule has 1 heterocycles. The highest BCUT2D eigenvalue weighted by Gasteiger charge is 2.30. The van der Waals surface area contributed by atoms with Crippen molar-refractivity contribution in [3.63, 3.8) is 0 Å². The fourth-order valence-corrected chi connectivity index (χ4v) is 4.25. The molecule has 6 heteroatoms. The molecule has 0 amide bonds. The Morgan fingerprint density at radius 1 is 1.21 bits per heavy atom. The topological polar surface area (TPSA) is 76.1 Å². The highest BCUT2D eigenvalue weighted by atomic mass is 32.2. The Hall–Kier alpha value is -2.47. The third-order valence-electron chi connectivity index (χ3n) is 5.34. The van der Waals surface area contributed by atoms with E-state index in [9.17, 15) is 13.2 Å². The molecule has 1 saturated carbocycles. The van der Waals surface area contributed by atoms with Crippen molar-refractivity contribution in [2.24, 2.45) is 5.92 Å². The number of ketones is 1. The van der Waals surface area contributed by atoms with E-state index in [0.717, 1.165) is 52.9 Å². The van der Waals surface area contributed by atoms with Gasteiger partial charge in [0, 0.05) is 35.7 Å². The average Bonchev–Trinajstić information content (AvgIpc) is 3.39. The van der Waals surface area contributed by atoms with Crippen molar-refractivity contribution in [3.8, 4) is 11.1 Å². The van der Waals surface area contributed by atoms with Gasteiger partial charge in [-0.3, -0.25) is 14.5 Å². The van der Waals surface area contributed by atoms with E-state index >= 15 is 0 Å². The number of nitrogens with one attached hydrogen (secondary N) is 1. The van der Waals surface area contributed by atoms with E-state index in [0.29, 0.717) is 12.1 Å². The van der Waals surface area contributed by atoms with Crippen molar-refractivity contribution in [2.75, 3.05) is 10.5 Å². The summed E-state index contributed by atoms with van der Waals surface area (Å²) in [7, 11) is -3.31. The molecular weight excluding hydrogens is 372 g/mol. The summed E-state index contributed by atoms with van der Waals surface area (Å²) in [6.45, 7) is 3.58. The van der Waals surface area contributed by atoms with Crippen molar-refractivity contribution in [2.45, 2.75) is 39.5 Å². The molecule has 146 valence electrons. The number of pyridine rings is 1. The first kappa shape index (κ1) is 18.9. The first-order chi connectivity index (χ1) is 13.4. The number of aryl methyl sites for hydroxylation is 1. The molecule has 4 rings (SSSR count).